The molecule has 0 bridgehead atoms. The number of halogens is 1. The maximum Gasteiger partial charge on any atom is 0.260 e. The maximum absolute atomic E-state index is 13.7. The third-order valence-electron chi connectivity index (χ3n) is 5.23. The van der Waals surface area contributed by atoms with Gasteiger partial charge in [0.25, 0.3) is 5.91 Å². The van der Waals surface area contributed by atoms with E-state index >= 15 is 0 Å². The SMILES string of the molecule is COCCN(C)CCCc1ccc2c(n1)CO/C2=C1\C(=O)Nc2ccc(F)cc21. The van der Waals surface area contributed by atoms with E-state index in [1.165, 1.54) is 12.1 Å². The number of hydrogen-bond acceptors (Lipinski definition) is 5. The quantitative estimate of drug-likeness (QED) is 0.728. The first kappa shape index (κ1) is 19.5. The smallest absolute Gasteiger partial charge is 0.260 e. The van der Waals surface area contributed by atoms with Gasteiger partial charge in [-0.15, -0.1) is 0 Å². The van der Waals surface area contributed by atoms with Crippen LogP contribution in [0.3, 0.4) is 0 Å². The molecule has 0 spiro atoms. The average molecular weight is 397 g/mol. The second kappa shape index (κ2) is 8.31. The highest BCUT2D eigenvalue weighted by Crippen LogP contribution is 2.41. The molecule has 2 aromatic rings. The molecular weight excluding hydrogens is 373 g/mol. The molecule has 1 N–H and O–H groups in total. The molecule has 0 fully saturated rings. The van der Waals surface area contributed by atoms with E-state index in [4.69, 9.17) is 14.5 Å². The van der Waals surface area contributed by atoms with Crippen molar-refractivity contribution in [2.24, 2.45) is 0 Å². The largest absolute Gasteiger partial charge is 0.486 e. The van der Waals surface area contributed by atoms with Crippen LogP contribution in [0.4, 0.5) is 10.1 Å². The lowest BCUT2D eigenvalue weighted by molar-refractivity contribution is -0.110. The molecule has 0 saturated carbocycles. The number of nitrogens with zero attached hydrogens (tertiary/aromatic N) is 2. The Morgan fingerprint density at radius 3 is 2.93 bits per heavy atom. The molecule has 2 aliphatic rings. The lowest BCUT2D eigenvalue weighted by Gasteiger charge is -2.15. The number of likely N-dealkylation sites (N-methyl/N-ethyl adjacent to an activating group) is 1. The number of pyridine rings is 1. The molecule has 4 rings (SSSR count). The number of methoxy groups -OCH3 is 1. The Morgan fingerprint density at radius 1 is 1.24 bits per heavy atom. The van der Waals surface area contributed by atoms with Crippen LogP contribution in [-0.2, 0) is 27.3 Å². The van der Waals surface area contributed by atoms with Crippen molar-refractivity contribution in [3.8, 4) is 0 Å². The molecule has 0 saturated heterocycles. The van der Waals surface area contributed by atoms with Crippen LogP contribution < -0.4 is 5.32 Å². The van der Waals surface area contributed by atoms with E-state index in [0.717, 1.165) is 49.5 Å². The van der Waals surface area contributed by atoms with Gasteiger partial charge in [-0.1, -0.05) is 0 Å². The zero-order valence-electron chi connectivity index (χ0n) is 16.6. The minimum atomic E-state index is -0.388. The number of aryl methyl sites for hydroxylation is 1. The molecular formula is C22H24FN3O3. The van der Waals surface area contributed by atoms with E-state index in [1.807, 2.05) is 12.1 Å². The van der Waals surface area contributed by atoms with Crippen molar-refractivity contribution in [3.05, 3.63) is 58.7 Å². The van der Waals surface area contributed by atoms with Gasteiger partial charge in [0.05, 0.1) is 17.9 Å². The summed E-state index contributed by atoms with van der Waals surface area (Å²) in [5.74, 6) is -0.197. The molecule has 29 heavy (non-hydrogen) atoms. The maximum atomic E-state index is 13.7. The van der Waals surface area contributed by atoms with Crippen molar-refractivity contribution in [2.75, 3.05) is 39.2 Å². The van der Waals surface area contributed by atoms with Gasteiger partial charge >= 0.3 is 0 Å². The van der Waals surface area contributed by atoms with Crippen LogP contribution >= 0.6 is 0 Å². The molecule has 0 radical (unpaired) electrons. The molecule has 7 heteroatoms. The van der Waals surface area contributed by atoms with Gasteiger partial charge in [-0.25, -0.2) is 4.39 Å². The molecule has 6 nitrogen and oxygen atoms in total. The fraction of sp³-hybridized carbons (Fsp3) is 0.364. The van der Waals surface area contributed by atoms with Crippen LogP contribution in [0.15, 0.2) is 30.3 Å². The van der Waals surface area contributed by atoms with Crippen molar-refractivity contribution in [2.45, 2.75) is 19.4 Å². The molecule has 1 amide bonds. The van der Waals surface area contributed by atoms with Gasteiger partial charge in [0.15, 0.2) is 0 Å². The number of fused-ring (bicyclic) bond motifs is 2. The van der Waals surface area contributed by atoms with Crippen LogP contribution in [0.2, 0.25) is 0 Å². The van der Waals surface area contributed by atoms with Gasteiger partial charge in [-0.05, 0) is 56.8 Å². The van der Waals surface area contributed by atoms with Gasteiger partial charge in [0.2, 0.25) is 0 Å². The Kier molecular flexibility index (Phi) is 5.60. The Labute approximate surface area is 169 Å². The van der Waals surface area contributed by atoms with Crippen LogP contribution in [-0.4, -0.2) is 49.6 Å². The number of aromatic nitrogens is 1. The summed E-state index contributed by atoms with van der Waals surface area (Å²) in [6, 6.07) is 8.18. The lowest BCUT2D eigenvalue weighted by atomic mass is 10.0. The Balaban J connectivity index is 1.52. The molecule has 1 aromatic heterocycles. The summed E-state index contributed by atoms with van der Waals surface area (Å²) < 4.78 is 24.6. The van der Waals surface area contributed by atoms with E-state index < -0.39 is 0 Å². The number of carbonyl (C=O) groups is 1. The minimum absolute atomic E-state index is 0.281. The zero-order chi connectivity index (χ0) is 20.4. The highest BCUT2D eigenvalue weighted by atomic mass is 19.1. The Bertz CT molecular complexity index is 974. The van der Waals surface area contributed by atoms with Crippen LogP contribution in [0, 0.1) is 5.82 Å². The summed E-state index contributed by atoms with van der Waals surface area (Å²) in [4.78, 5) is 19.4. The number of nitrogens with one attached hydrogen (secondary N) is 1. The Morgan fingerprint density at radius 2 is 2.10 bits per heavy atom. The van der Waals surface area contributed by atoms with Crippen molar-refractivity contribution in [1.82, 2.24) is 9.88 Å². The monoisotopic (exact) mass is 397 g/mol. The predicted molar refractivity (Wildman–Crippen MR) is 109 cm³/mol. The summed E-state index contributed by atoms with van der Waals surface area (Å²) in [6.07, 6.45) is 1.86. The van der Waals surface area contributed by atoms with Crippen molar-refractivity contribution < 1.29 is 18.7 Å². The van der Waals surface area contributed by atoms with E-state index in [1.54, 1.807) is 13.2 Å². The second-order valence-electron chi connectivity index (χ2n) is 7.33. The number of amides is 1. The van der Waals surface area contributed by atoms with Gasteiger partial charge in [0, 0.05) is 36.2 Å². The van der Waals surface area contributed by atoms with Gasteiger partial charge < -0.3 is 19.7 Å². The summed E-state index contributed by atoms with van der Waals surface area (Å²) in [7, 11) is 3.78. The molecule has 0 aliphatic carbocycles. The molecule has 0 atom stereocenters. The van der Waals surface area contributed by atoms with Gasteiger partial charge in [-0.2, -0.15) is 0 Å². The van der Waals surface area contributed by atoms with E-state index in [9.17, 15) is 9.18 Å². The number of benzene rings is 1. The molecule has 2 aliphatic heterocycles. The van der Waals surface area contributed by atoms with Gasteiger partial charge in [-0.3, -0.25) is 9.78 Å². The highest BCUT2D eigenvalue weighted by Gasteiger charge is 2.33. The summed E-state index contributed by atoms with van der Waals surface area (Å²) >= 11 is 0. The van der Waals surface area contributed by atoms with Crippen LogP contribution in [0.1, 0.15) is 28.9 Å². The number of anilines is 1. The molecule has 0 unspecified atom stereocenters. The van der Waals surface area contributed by atoms with Crippen molar-refractivity contribution in [3.63, 3.8) is 0 Å². The van der Waals surface area contributed by atoms with Crippen LogP contribution in [0.5, 0.6) is 0 Å². The number of hydrogen-bond donors (Lipinski definition) is 1. The summed E-state index contributed by atoms with van der Waals surface area (Å²) in [5.41, 5.74) is 4.11. The molecule has 152 valence electrons. The molecule has 3 heterocycles. The van der Waals surface area contributed by atoms with E-state index in [0.29, 0.717) is 29.2 Å². The highest BCUT2D eigenvalue weighted by molar-refractivity contribution is 6.36. The third-order valence-corrected chi connectivity index (χ3v) is 5.23. The van der Waals surface area contributed by atoms with E-state index in [-0.39, 0.29) is 11.7 Å². The summed E-state index contributed by atoms with van der Waals surface area (Å²) in [5, 5.41) is 2.77. The first-order valence-electron chi connectivity index (χ1n) is 9.72. The second-order valence-corrected chi connectivity index (χ2v) is 7.33. The topological polar surface area (TPSA) is 63.7 Å². The third kappa shape index (κ3) is 4.02. The standard InChI is InChI=1S/C22H24FN3O3/c1-26(10-11-28-2)9-3-4-15-6-7-16-19(24-15)13-29-21(16)20-17-12-14(23)5-8-18(17)25-22(20)27/h5-8,12H,3-4,9-11,13H2,1-2H3,(H,25,27)/b21-20-. The Hall–Kier alpha value is -2.77. The lowest BCUT2D eigenvalue weighted by Crippen LogP contribution is -2.24. The summed E-state index contributed by atoms with van der Waals surface area (Å²) in [6.45, 7) is 2.91. The fourth-order valence-electron chi connectivity index (χ4n) is 3.68. The minimum Gasteiger partial charge on any atom is -0.486 e. The fourth-order valence-corrected chi connectivity index (χ4v) is 3.68. The van der Waals surface area contributed by atoms with Crippen molar-refractivity contribution >= 4 is 22.9 Å². The van der Waals surface area contributed by atoms with Crippen LogP contribution in [0.25, 0.3) is 11.3 Å². The van der Waals surface area contributed by atoms with Gasteiger partial charge in [0.1, 0.15) is 18.2 Å². The average Bonchev–Trinajstić information content (AvgIpc) is 3.25. The zero-order valence-corrected chi connectivity index (χ0v) is 16.6. The number of ether oxygens (including phenoxy) is 2. The normalized spacial score (nSPS) is 17.3. The first-order valence-corrected chi connectivity index (χ1v) is 9.72. The number of carbonyl (C=O) groups excluding carboxylic acids is 1. The predicted octanol–water partition coefficient (Wildman–Crippen LogP) is 3.08. The van der Waals surface area contributed by atoms with Crippen molar-refractivity contribution in [1.29, 1.82) is 0 Å². The van der Waals surface area contributed by atoms with E-state index in [2.05, 4.69) is 17.3 Å². The molecule has 1 aromatic carbocycles. The number of rotatable bonds is 7. The first-order chi connectivity index (χ1) is 14.1.